The maximum atomic E-state index is 4.03. The van der Waals surface area contributed by atoms with Crippen LogP contribution in [0.4, 0.5) is 0 Å². The summed E-state index contributed by atoms with van der Waals surface area (Å²) in [5, 5.41) is 10.4. The molecule has 0 amide bonds. The van der Waals surface area contributed by atoms with E-state index in [-0.39, 0.29) is 0 Å². The van der Waals surface area contributed by atoms with Gasteiger partial charge in [0, 0.05) is 4.47 Å². The van der Waals surface area contributed by atoms with Crippen LogP contribution in [0, 0.1) is 6.92 Å². The van der Waals surface area contributed by atoms with Crippen molar-refractivity contribution >= 4 is 15.9 Å². The molecule has 2 rings (SSSR count). The van der Waals surface area contributed by atoms with E-state index in [1.165, 1.54) is 15.6 Å². The zero-order valence-corrected chi connectivity index (χ0v) is 10.1. The van der Waals surface area contributed by atoms with E-state index in [1.807, 2.05) is 0 Å². The van der Waals surface area contributed by atoms with Gasteiger partial charge in [0.25, 0.3) is 0 Å². The zero-order valence-electron chi connectivity index (χ0n) is 8.50. The Bertz CT molecular complexity index is 437. The molecule has 0 spiro atoms. The summed E-state index contributed by atoms with van der Waals surface area (Å²) in [4.78, 5) is 0. The van der Waals surface area contributed by atoms with Crippen LogP contribution >= 0.6 is 15.9 Å². The lowest BCUT2D eigenvalue weighted by Crippen LogP contribution is -1.93. The number of halogens is 1. The van der Waals surface area contributed by atoms with E-state index in [0.29, 0.717) is 0 Å². The SMILES string of the molecule is Cc1ccc(CCc2cn[nH]n2)c(Br)c1. The third kappa shape index (κ3) is 2.65. The molecular formula is C11H12BrN3. The van der Waals surface area contributed by atoms with E-state index in [0.717, 1.165) is 18.5 Å². The summed E-state index contributed by atoms with van der Waals surface area (Å²) >= 11 is 3.57. The Hall–Kier alpha value is -1.16. The van der Waals surface area contributed by atoms with Crippen molar-refractivity contribution in [2.75, 3.05) is 0 Å². The molecule has 0 radical (unpaired) electrons. The number of hydrogen-bond acceptors (Lipinski definition) is 2. The zero-order chi connectivity index (χ0) is 10.7. The number of aryl methyl sites for hydroxylation is 3. The molecule has 1 N–H and O–H groups in total. The highest BCUT2D eigenvalue weighted by molar-refractivity contribution is 9.10. The Morgan fingerprint density at radius 2 is 2.20 bits per heavy atom. The summed E-state index contributed by atoms with van der Waals surface area (Å²) in [6.45, 7) is 2.09. The normalized spacial score (nSPS) is 10.5. The molecule has 78 valence electrons. The molecule has 1 aromatic carbocycles. The van der Waals surface area contributed by atoms with Crippen molar-refractivity contribution in [2.24, 2.45) is 0 Å². The van der Waals surface area contributed by atoms with Gasteiger partial charge in [0.05, 0.1) is 11.9 Å². The lowest BCUT2D eigenvalue weighted by atomic mass is 10.1. The molecule has 0 atom stereocenters. The highest BCUT2D eigenvalue weighted by Gasteiger charge is 2.02. The Balaban J connectivity index is 2.05. The predicted molar refractivity (Wildman–Crippen MR) is 62.7 cm³/mol. The van der Waals surface area contributed by atoms with E-state index in [4.69, 9.17) is 0 Å². The minimum Gasteiger partial charge on any atom is -0.198 e. The van der Waals surface area contributed by atoms with Crippen molar-refractivity contribution in [3.05, 3.63) is 45.7 Å². The van der Waals surface area contributed by atoms with E-state index in [1.54, 1.807) is 6.20 Å². The van der Waals surface area contributed by atoms with Crippen molar-refractivity contribution in [2.45, 2.75) is 19.8 Å². The van der Waals surface area contributed by atoms with Crippen molar-refractivity contribution in [3.8, 4) is 0 Å². The molecule has 0 aliphatic rings. The number of H-pyrrole nitrogens is 1. The average Bonchev–Trinajstić information content (AvgIpc) is 2.69. The van der Waals surface area contributed by atoms with Crippen LogP contribution in [0.3, 0.4) is 0 Å². The summed E-state index contributed by atoms with van der Waals surface area (Å²) < 4.78 is 1.17. The average molecular weight is 266 g/mol. The maximum Gasteiger partial charge on any atom is 0.0828 e. The highest BCUT2D eigenvalue weighted by Crippen LogP contribution is 2.19. The maximum absolute atomic E-state index is 4.03. The quantitative estimate of drug-likeness (QED) is 0.927. The number of nitrogens with one attached hydrogen (secondary N) is 1. The Morgan fingerprint density at radius 1 is 1.33 bits per heavy atom. The van der Waals surface area contributed by atoms with Gasteiger partial charge >= 0.3 is 0 Å². The first-order chi connectivity index (χ1) is 7.25. The summed E-state index contributed by atoms with van der Waals surface area (Å²) in [5.74, 6) is 0. The van der Waals surface area contributed by atoms with Gasteiger partial charge in [-0.25, -0.2) is 0 Å². The number of nitrogens with zero attached hydrogens (tertiary/aromatic N) is 2. The van der Waals surface area contributed by atoms with Gasteiger partial charge in [-0.3, -0.25) is 0 Å². The fraction of sp³-hybridized carbons (Fsp3) is 0.273. The van der Waals surface area contributed by atoms with E-state index in [9.17, 15) is 0 Å². The molecule has 0 saturated carbocycles. The molecule has 15 heavy (non-hydrogen) atoms. The fourth-order valence-corrected chi connectivity index (χ4v) is 2.16. The second-order valence-corrected chi connectivity index (χ2v) is 4.41. The van der Waals surface area contributed by atoms with Crippen LogP contribution in [-0.4, -0.2) is 15.4 Å². The number of aromatic nitrogens is 3. The van der Waals surface area contributed by atoms with Gasteiger partial charge in [-0.2, -0.15) is 15.4 Å². The molecule has 0 fully saturated rings. The largest absolute Gasteiger partial charge is 0.198 e. The van der Waals surface area contributed by atoms with Gasteiger partial charge in [-0.15, -0.1) is 0 Å². The Labute approximate surface area is 97.0 Å². The molecule has 4 heteroatoms. The molecule has 3 nitrogen and oxygen atoms in total. The van der Waals surface area contributed by atoms with Gasteiger partial charge in [-0.1, -0.05) is 28.1 Å². The third-order valence-corrected chi connectivity index (χ3v) is 3.06. The first-order valence-electron chi connectivity index (χ1n) is 4.85. The number of benzene rings is 1. The van der Waals surface area contributed by atoms with Gasteiger partial charge in [-0.05, 0) is 37.0 Å². The first kappa shape index (κ1) is 10.4. The predicted octanol–water partition coefficient (Wildman–Crippen LogP) is 2.66. The lowest BCUT2D eigenvalue weighted by Gasteiger charge is -2.03. The van der Waals surface area contributed by atoms with Gasteiger partial charge < -0.3 is 0 Å². The topological polar surface area (TPSA) is 41.6 Å². The monoisotopic (exact) mass is 265 g/mol. The summed E-state index contributed by atoms with van der Waals surface area (Å²) in [6, 6.07) is 6.42. The summed E-state index contributed by atoms with van der Waals surface area (Å²) in [5.41, 5.74) is 3.58. The molecule has 1 aromatic heterocycles. The molecule has 0 saturated heterocycles. The smallest absolute Gasteiger partial charge is 0.0828 e. The second-order valence-electron chi connectivity index (χ2n) is 3.56. The van der Waals surface area contributed by atoms with E-state index >= 15 is 0 Å². The summed E-state index contributed by atoms with van der Waals surface area (Å²) in [7, 11) is 0. The van der Waals surface area contributed by atoms with Crippen LogP contribution in [0.15, 0.2) is 28.9 Å². The Kier molecular flexibility index (Phi) is 3.16. The molecule has 0 unspecified atom stereocenters. The molecule has 1 heterocycles. The third-order valence-electron chi connectivity index (χ3n) is 2.32. The van der Waals surface area contributed by atoms with Gasteiger partial charge in [0.1, 0.15) is 0 Å². The van der Waals surface area contributed by atoms with Crippen LogP contribution in [0.25, 0.3) is 0 Å². The van der Waals surface area contributed by atoms with Crippen molar-refractivity contribution < 1.29 is 0 Å². The van der Waals surface area contributed by atoms with Crippen molar-refractivity contribution in [1.82, 2.24) is 15.4 Å². The van der Waals surface area contributed by atoms with Crippen LogP contribution in [0.2, 0.25) is 0 Å². The molecule has 0 aliphatic carbocycles. The molecular weight excluding hydrogens is 254 g/mol. The Morgan fingerprint density at radius 3 is 2.87 bits per heavy atom. The second kappa shape index (κ2) is 4.57. The minimum absolute atomic E-state index is 0.915. The van der Waals surface area contributed by atoms with Crippen LogP contribution < -0.4 is 0 Å². The van der Waals surface area contributed by atoms with Crippen LogP contribution in [0.1, 0.15) is 16.8 Å². The molecule has 0 bridgehead atoms. The van der Waals surface area contributed by atoms with E-state index in [2.05, 4.69) is 56.5 Å². The van der Waals surface area contributed by atoms with Crippen molar-refractivity contribution in [3.63, 3.8) is 0 Å². The van der Waals surface area contributed by atoms with E-state index < -0.39 is 0 Å². The van der Waals surface area contributed by atoms with Gasteiger partial charge in [0.15, 0.2) is 0 Å². The van der Waals surface area contributed by atoms with Gasteiger partial charge in [0.2, 0.25) is 0 Å². The number of rotatable bonds is 3. The van der Waals surface area contributed by atoms with Crippen molar-refractivity contribution in [1.29, 1.82) is 0 Å². The standard InChI is InChI=1S/C11H12BrN3/c1-8-2-3-9(11(12)6-8)4-5-10-7-13-15-14-10/h2-3,6-7H,4-5H2,1H3,(H,13,14,15). The lowest BCUT2D eigenvalue weighted by molar-refractivity contribution is 0.869. The highest BCUT2D eigenvalue weighted by atomic mass is 79.9. The molecule has 0 aliphatic heterocycles. The minimum atomic E-state index is 0.915. The summed E-state index contributed by atoms with van der Waals surface area (Å²) in [6.07, 6.45) is 3.66. The number of aromatic amines is 1. The van der Waals surface area contributed by atoms with Crippen LogP contribution in [-0.2, 0) is 12.8 Å². The number of hydrogen-bond donors (Lipinski definition) is 1. The van der Waals surface area contributed by atoms with Crippen LogP contribution in [0.5, 0.6) is 0 Å². The first-order valence-corrected chi connectivity index (χ1v) is 5.64. The molecule has 2 aromatic rings. The fourth-order valence-electron chi connectivity index (χ4n) is 1.46.